The van der Waals surface area contributed by atoms with Gasteiger partial charge in [-0.15, -0.1) is 0 Å². The third-order valence-electron chi connectivity index (χ3n) is 5.32. The van der Waals surface area contributed by atoms with Crippen LogP contribution in [-0.4, -0.2) is 28.5 Å². The van der Waals surface area contributed by atoms with E-state index in [1.807, 2.05) is 53.4 Å². The summed E-state index contributed by atoms with van der Waals surface area (Å²) >= 11 is 0. The zero-order chi connectivity index (χ0) is 18.2. The molecule has 3 aromatic rings. The fourth-order valence-electron chi connectivity index (χ4n) is 4.01. The van der Waals surface area contributed by atoms with Gasteiger partial charge in [0.25, 0.3) is 5.91 Å². The van der Waals surface area contributed by atoms with Crippen LogP contribution in [0, 0.1) is 0 Å². The summed E-state index contributed by atoms with van der Waals surface area (Å²) < 4.78 is 8.06. The van der Waals surface area contributed by atoms with E-state index in [0.29, 0.717) is 18.7 Å². The van der Waals surface area contributed by atoms with Crippen molar-refractivity contribution in [1.29, 1.82) is 0 Å². The maximum Gasteiger partial charge on any atom is 0.254 e. The molecule has 1 amide bonds. The lowest BCUT2D eigenvalue weighted by Crippen LogP contribution is -2.43. The number of carbonyl (C=O) groups is 1. The lowest BCUT2D eigenvalue weighted by Gasteiger charge is -2.38. The van der Waals surface area contributed by atoms with Crippen LogP contribution in [0.25, 0.3) is 6.08 Å². The van der Waals surface area contributed by atoms with Crippen molar-refractivity contribution < 1.29 is 9.53 Å². The van der Waals surface area contributed by atoms with Crippen molar-refractivity contribution >= 4 is 12.0 Å². The lowest BCUT2D eigenvalue weighted by atomic mass is 9.98. The minimum Gasteiger partial charge on any atom is -0.488 e. The highest BCUT2D eigenvalue weighted by Crippen LogP contribution is 2.34. The Morgan fingerprint density at radius 1 is 0.926 bits per heavy atom. The third-order valence-corrected chi connectivity index (χ3v) is 5.32. The smallest absolute Gasteiger partial charge is 0.254 e. The maximum atomic E-state index is 13.4. The SMILES string of the molecule is O=C(C1=Cc2ccccc2OC1)N1CCn2cccc2[C@@H]1c1ccccc1. The van der Waals surface area contributed by atoms with Crippen LogP contribution in [-0.2, 0) is 11.3 Å². The summed E-state index contributed by atoms with van der Waals surface area (Å²) in [4.78, 5) is 15.4. The van der Waals surface area contributed by atoms with Gasteiger partial charge in [-0.05, 0) is 29.8 Å². The largest absolute Gasteiger partial charge is 0.488 e. The van der Waals surface area contributed by atoms with Gasteiger partial charge in [-0.3, -0.25) is 4.79 Å². The average molecular weight is 356 g/mol. The molecule has 0 radical (unpaired) electrons. The molecule has 4 heteroatoms. The van der Waals surface area contributed by atoms with Crippen LogP contribution in [0.1, 0.15) is 22.9 Å². The highest BCUT2D eigenvalue weighted by Gasteiger charge is 2.34. The second kappa shape index (κ2) is 6.47. The summed E-state index contributed by atoms with van der Waals surface area (Å²) in [5, 5.41) is 0. The van der Waals surface area contributed by atoms with E-state index in [4.69, 9.17) is 4.74 Å². The van der Waals surface area contributed by atoms with Gasteiger partial charge in [0.15, 0.2) is 0 Å². The van der Waals surface area contributed by atoms with Crippen molar-refractivity contribution in [2.24, 2.45) is 0 Å². The number of carbonyl (C=O) groups excluding carboxylic acids is 1. The Balaban J connectivity index is 1.54. The van der Waals surface area contributed by atoms with Crippen LogP contribution in [0.4, 0.5) is 0 Å². The molecule has 2 aliphatic heterocycles. The zero-order valence-corrected chi connectivity index (χ0v) is 14.9. The Kier molecular flexibility index (Phi) is 3.82. The average Bonchev–Trinajstić information content (AvgIpc) is 3.21. The van der Waals surface area contributed by atoms with Gasteiger partial charge in [-0.2, -0.15) is 0 Å². The van der Waals surface area contributed by atoms with Crippen LogP contribution >= 0.6 is 0 Å². The van der Waals surface area contributed by atoms with E-state index in [1.165, 1.54) is 0 Å². The molecule has 1 aromatic heterocycles. The Morgan fingerprint density at radius 2 is 1.74 bits per heavy atom. The van der Waals surface area contributed by atoms with E-state index in [2.05, 4.69) is 35.0 Å². The molecule has 0 bridgehead atoms. The second-order valence-electron chi connectivity index (χ2n) is 6.93. The summed E-state index contributed by atoms with van der Waals surface area (Å²) in [7, 11) is 0. The first kappa shape index (κ1) is 15.9. The first-order chi connectivity index (χ1) is 13.3. The van der Waals surface area contributed by atoms with E-state index < -0.39 is 0 Å². The van der Waals surface area contributed by atoms with Gasteiger partial charge in [0.05, 0.1) is 11.6 Å². The molecule has 3 heterocycles. The van der Waals surface area contributed by atoms with E-state index in [9.17, 15) is 4.79 Å². The molecule has 0 N–H and O–H groups in total. The fourth-order valence-corrected chi connectivity index (χ4v) is 4.01. The highest BCUT2D eigenvalue weighted by molar-refractivity contribution is 5.99. The molecule has 2 aromatic carbocycles. The van der Waals surface area contributed by atoms with Crippen LogP contribution in [0.5, 0.6) is 5.75 Å². The number of hydrogen-bond donors (Lipinski definition) is 0. The molecule has 0 saturated carbocycles. The molecular weight excluding hydrogens is 336 g/mol. The van der Waals surface area contributed by atoms with Crippen LogP contribution in [0.3, 0.4) is 0 Å². The summed E-state index contributed by atoms with van der Waals surface area (Å²) in [5.41, 5.74) is 3.94. The minimum atomic E-state index is -0.0829. The summed E-state index contributed by atoms with van der Waals surface area (Å²) in [6, 6.07) is 22.2. The molecule has 0 unspecified atom stereocenters. The van der Waals surface area contributed by atoms with Gasteiger partial charge in [-0.25, -0.2) is 0 Å². The van der Waals surface area contributed by atoms with Gasteiger partial charge in [-0.1, -0.05) is 48.5 Å². The number of benzene rings is 2. The number of para-hydroxylation sites is 1. The topological polar surface area (TPSA) is 34.5 Å². The van der Waals surface area contributed by atoms with Crippen molar-refractivity contribution in [1.82, 2.24) is 9.47 Å². The van der Waals surface area contributed by atoms with Crippen LogP contribution in [0.2, 0.25) is 0 Å². The maximum absolute atomic E-state index is 13.4. The van der Waals surface area contributed by atoms with Crippen LogP contribution in [0.15, 0.2) is 78.5 Å². The molecule has 1 atom stereocenters. The Hall–Kier alpha value is -3.27. The summed E-state index contributed by atoms with van der Waals surface area (Å²) in [6.07, 6.45) is 4.06. The number of ether oxygens (including phenoxy) is 1. The van der Waals surface area contributed by atoms with Gasteiger partial charge in [0, 0.05) is 30.5 Å². The predicted molar refractivity (Wildman–Crippen MR) is 104 cm³/mol. The molecule has 4 nitrogen and oxygen atoms in total. The molecule has 0 saturated heterocycles. The van der Waals surface area contributed by atoms with Crippen molar-refractivity contribution in [3.05, 3.63) is 95.3 Å². The fraction of sp³-hybridized carbons (Fsp3) is 0.174. The van der Waals surface area contributed by atoms with Crippen molar-refractivity contribution in [2.45, 2.75) is 12.6 Å². The number of nitrogens with zero attached hydrogens (tertiary/aromatic N) is 2. The van der Waals surface area contributed by atoms with Crippen molar-refractivity contribution in [3.8, 4) is 5.75 Å². The highest BCUT2D eigenvalue weighted by atomic mass is 16.5. The number of aromatic nitrogens is 1. The first-order valence-electron chi connectivity index (χ1n) is 9.24. The molecule has 2 aliphatic rings. The van der Waals surface area contributed by atoms with Gasteiger partial charge in [0.2, 0.25) is 0 Å². The van der Waals surface area contributed by atoms with Crippen molar-refractivity contribution in [3.63, 3.8) is 0 Å². The molecule has 0 fully saturated rings. The van der Waals surface area contributed by atoms with Crippen molar-refractivity contribution in [2.75, 3.05) is 13.2 Å². The molecule has 27 heavy (non-hydrogen) atoms. The van der Waals surface area contributed by atoms with E-state index >= 15 is 0 Å². The number of rotatable bonds is 2. The normalized spacial score (nSPS) is 18.1. The molecule has 0 spiro atoms. The summed E-state index contributed by atoms with van der Waals surface area (Å²) in [5.74, 6) is 0.881. The monoisotopic (exact) mass is 356 g/mol. The van der Waals surface area contributed by atoms with Gasteiger partial charge in [0.1, 0.15) is 12.4 Å². The third kappa shape index (κ3) is 2.74. The van der Waals surface area contributed by atoms with E-state index in [0.717, 1.165) is 29.1 Å². The Labute approximate surface area is 158 Å². The molecule has 0 aliphatic carbocycles. The van der Waals surface area contributed by atoms with Gasteiger partial charge >= 0.3 is 0 Å². The van der Waals surface area contributed by atoms with Gasteiger partial charge < -0.3 is 14.2 Å². The zero-order valence-electron chi connectivity index (χ0n) is 14.9. The molecule has 134 valence electrons. The van der Waals surface area contributed by atoms with Crippen LogP contribution < -0.4 is 4.74 Å². The number of fused-ring (bicyclic) bond motifs is 2. The predicted octanol–water partition coefficient (Wildman–Crippen LogP) is 3.90. The molecule has 5 rings (SSSR count). The first-order valence-corrected chi connectivity index (χ1v) is 9.24. The van der Waals surface area contributed by atoms with E-state index in [1.54, 1.807) is 0 Å². The Morgan fingerprint density at radius 3 is 2.63 bits per heavy atom. The molecular formula is C23H20N2O2. The summed E-state index contributed by atoms with van der Waals surface area (Å²) in [6.45, 7) is 1.80. The Bertz CT molecular complexity index is 1020. The number of amides is 1. The number of hydrogen-bond acceptors (Lipinski definition) is 2. The second-order valence-corrected chi connectivity index (χ2v) is 6.93. The standard InChI is InChI=1S/C23H20N2O2/c26-23(19-15-18-9-4-5-11-21(18)27-16-19)25-14-13-24-12-6-10-20(24)22(25)17-7-2-1-3-8-17/h1-12,15,22H,13-14,16H2/t22-/m0/s1. The quantitative estimate of drug-likeness (QED) is 0.698. The van der Waals surface area contributed by atoms with E-state index in [-0.39, 0.29) is 11.9 Å². The minimum absolute atomic E-state index is 0.0470. The lowest BCUT2D eigenvalue weighted by molar-refractivity contribution is -0.130.